The number of carbonyl (C=O) groups is 1. The van der Waals surface area contributed by atoms with E-state index in [0.717, 1.165) is 58.1 Å². The van der Waals surface area contributed by atoms with Gasteiger partial charge in [0.1, 0.15) is 0 Å². The first kappa shape index (κ1) is 17.4. The lowest BCUT2D eigenvalue weighted by Crippen LogP contribution is -2.21. The molecular weight excluding hydrogens is 258 g/mol. The summed E-state index contributed by atoms with van der Waals surface area (Å²) in [6.45, 7) is 6.26. The maximum Gasteiger partial charge on any atom is 0.207 e. The molecule has 1 saturated heterocycles. The van der Waals surface area contributed by atoms with Gasteiger partial charge in [-0.1, -0.05) is 12.8 Å². The summed E-state index contributed by atoms with van der Waals surface area (Å²) in [5, 5.41) is 2.66. The third-order valence-electron chi connectivity index (χ3n) is 3.29. The van der Waals surface area contributed by atoms with E-state index in [9.17, 15) is 4.79 Å². The quantitative estimate of drug-likeness (QED) is 0.442. The van der Waals surface area contributed by atoms with Crippen LogP contribution in [-0.2, 0) is 19.0 Å². The van der Waals surface area contributed by atoms with E-state index in [1.54, 1.807) is 0 Å². The van der Waals surface area contributed by atoms with E-state index in [0.29, 0.717) is 6.61 Å². The second kappa shape index (κ2) is 11.1. The van der Waals surface area contributed by atoms with Crippen LogP contribution in [0.15, 0.2) is 0 Å². The van der Waals surface area contributed by atoms with Crippen LogP contribution in [0, 0.1) is 0 Å². The summed E-state index contributed by atoms with van der Waals surface area (Å²) in [4.78, 5) is 10.0. The average Bonchev–Trinajstić information content (AvgIpc) is 2.87. The lowest BCUT2D eigenvalue weighted by atomic mass is 10.2. The zero-order valence-corrected chi connectivity index (χ0v) is 12.8. The van der Waals surface area contributed by atoms with E-state index in [-0.39, 0.29) is 18.5 Å². The number of nitrogens with one attached hydrogen (secondary N) is 1. The Morgan fingerprint density at radius 3 is 2.80 bits per heavy atom. The molecule has 118 valence electrons. The van der Waals surface area contributed by atoms with Gasteiger partial charge in [-0.15, -0.1) is 0 Å². The highest BCUT2D eigenvalue weighted by atomic mass is 16.7. The number of unbranched alkanes of at least 4 members (excludes halogenated alkanes) is 3. The second-order valence-corrected chi connectivity index (χ2v) is 5.50. The molecule has 1 N–H and O–H groups in total. The van der Waals surface area contributed by atoms with Crippen molar-refractivity contribution in [3.8, 4) is 0 Å². The summed E-state index contributed by atoms with van der Waals surface area (Å²) in [5.74, 6) is 0. The molecule has 0 spiro atoms. The third kappa shape index (κ3) is 8.51. The third-order valence-corrected chi connectivity index (χ3v) is 3.29. The molecule has 1 heterocycles. The Hall–Kier alpha value is -0.650. The summed E-state index contributed by atoms with van der Waals surface area (Å²) >= 11 is 0. The number of carbonyl (C=O) groups excluding carboxylic acids is 1. The van der Waals surface area contributed by atoms with E-state index in [2.05, 4.69) is 5.32 Å². The number of ether oxygens (including phenoxy) is 3. The molecule has 1 rings (SSSR count). The van der Waals surface area contributed by atoms with Gasteiger partial charge in [-0.3, -0.25) is 4.79 Å². The van der Waals surface area contributed by atoms with Gasteiger partial charge in [-0.05, 0) is 33.1 Å². The Kier molecular flexibility index (Phi) is 9.62. The van der Waals surface area contributed by atoms with Crippen molar-refractivity contribution in [2.75, 3.05) is 19.8 Å². The van der Waals surface area contributed by atoms with Crippen molar-refractivity contribution in [3.63, 3.8) is 0 Å². The lowest BCUT2D eigenvalue weighted by Gasteiger charge is -2.15. The van der Waals surface area contributed by atoms with Gasteiger partial charge in [-0.2, -0.15) is 0 Å². The van der Waals surface area contributed by atoms with E-state index in [1.807, 2.05) is 13.8 Å². The van der Waals surface area contributed by atoms with E-state index >= 15 is 0 Å². The first-order chi connectivity index (χ1) is 9.72. The zero-order chi connectivity index (χ0) is 14.6. The van der Waals surface area contributed by atoms with Crippen LogP contribution < -0.4 is 5.32 Å². The standard InChI is InChI=1S/C15H29NO4/c1-13(2)19-11-14-7-8-15(20-14)18-10-6-4-3-5-9-16-12-17/h12-15H,3-11H2,1-2H3,(H,16,17). The normalized spacial score (nSPS) is 22.4. The zero-order valence-electron chi connectivity index (χ0n) is 12.8. The maximum atomic E-state index is 10.0. The number of hydrogen-bond donors (Lipinski definition) is 1. The molecule has 2 unspecified atom stereocenters. The molecule has 0 aromatic heterocycles. The fourth-order valence-corrected chi connectivity index (χ4v) is 2.17. The minimum atomic E-state index is -0.0486. The maximum absolute atomic E-state index is 10.0. The van der Waals surface area contributed by atoms with Gasteiger partial charge in [0, 0.05) is 19.6 Å². The van der Waals surface area contributed by atoms with Crippen LogP contribution in [0.25, 0.3) is 0 Å². The summed E-state index contributed by atoms with van der Waals surface area (Å²) in [6.07, 6.45) is 7.48. The Bertz CT molecular complexity index is 248. The highest BCUT2D eigenvalue weighted by Gasteiger charge is 2.25. The topological polar surface area (TPSA) is 56.8 Å². The molecule has 1 aliphatic rings. The summed E-state index contributed by atoms with van der Waals surface area (Å²) in [7, 11) is 0. The molecule has 0 aromatic carbocycles. The van der Waals surface area contributed by atoms with Crippen molar-refractivity contribution in [2.45, 2.75) is 70.9 Å². The molecule has 5 heteroatoms. The Morgan fingerprint density at radius 1 is 1.25 bits per heavy atom. The molecule has 0 radical (unpaired) electrons. The summed E-state index contributed by atoms with van der Waals surface area (Å²) in [5.41, 5.74) is 0. The van der Waals surface area contributed by atoms with Crippen LogP contribution in [-0.4, -0.2) is 44.7 Å². The van der Waals surface area contributed by atoms with E-state index in [1.165, 1.54) is 0 Å². The molecule has 0 bridgehead atoms. The second-order valence-electron chi connectivity index (χ2n) is 5.50. The molecule has 20 heavy (non-hydrogen) atoms. The molecule has 1 fully saturated rings. The van der Waals surface area contributed by atoms with Gasteiger partial charge < -0.3 is 19.5 Å². The number of rotatable bonds is 12. The van der Waals surface area contributed by atoms with Crippen LogP contribution in [0.4, 0.5) is 0 Å². The van der Waals surface area contributed by atoms with Gasteiger partial charge in [-0.25, -0.2) is 0 Å². The van der Waals surface area contributed by atoms with Crippen molar-refractivity contribution in [3.05, 3.63) is 0 Å². The van der Waals surface area contributed by atoms with Crippen LogP contribution in [0.3, 0.4) is 0 Å². The SMILES string of the molecule is CC(C)OCC1CCC(OCCCCCCNC=O)O1. The lowest BCUT2D eigenvalue weighted by molar-refractivity contribution is -0.147. The van der Waals surface area contributed by atoms with Crippen LogP contribution in [0.5, 0.6) is 0 Å². The Morgan fingerprint density at radius 2 is 2.05 bits per heavy atom. The molecule has 1 amide bonds. The van der Waals surface area contributed by atoms with Crippen molar-refractivity contribution in [2.24, 2.45) is 0 Å². The smallest absolute Gasteiger partial charge is 0.207 e. The largest absolute Gasteiger partial charge is 0.376 e. The highest BCUT2D eigenvalue weighted by molar-refractivity contribution is 5.45. The van der Waals surface area contributed by atoms with Crippen LogP contribution >= 0.6 is 0 Å². The first-order valence-electron chi connectivity index (χ1n) is 7.78. The number of amides is 1. The van der Waals surface area contributed by atoms with Gasteiger partial charge in [0.2, 0.25) is 6.41 Å². The highest BCUT2D eigenvalue weighted by Crippen LogP contribution is 2.21. The van der Waals surface area contributed by atoms with Gasteiger partial charge >= 0.3 is 0 Å². The monoisotopic (exact) mass is 287 g/mol. The molecule has 0 saturated carbocycles. The summed E-state index contributed by atoms with van der Waals surface area (Å²) in [6, 6.07) is 0. The predicted octanol–water partition coefficient (Wildman–Crippen LogP) is 2.24. The minimum Gasteiger partial charge on any atom is -0.376 e. The first-order valence-corrected chi connectivity index (χ1v) is 7.78. The molecular formula is C15H29NO4. The molecule has 1 aliphatic heterocycles. The van der Waals surface area contributed by atoms with E-state index in [4.69, 9.17) is 14.2 Å². The predicted molar refractivity (Wildman–Crippen MR) is 77.5 cm³/mol. The van der Waals surface area contributed by atoms with Crippen molar-refractivity contribution < 1.29 is 19.0 Å². The van der Waals surface area contributed by atoms with Crippen molar-refractivity contribution >= 4 is 6.41 Å². The van der Waals surface area contributed by atoms with Crippen LogP contribution in [0.2, 0.25) is 0 Å². The van der Waals surface area contributed by atoms with Crippen LogP contribution in [0.1, 0.15) is 52.4 Å². The minimum absolute atomic E-state index is 0.0486. The Labute approximate surface area is 122 Å². The summed E-state index contributed by atoms with van der Waals surface area (Å²) < 4.78 is 17.0. The molecule has 0 aromatic rings. The van der Waals surface area contributed by atoms with Gasteiger partial charge in [0.15, 0.2) is 6.29 Å². The van der Waals surface area contributed by atoms with Crippen molar-refractivity contribution in [1.29, 1.82) is 0 Å². The molecule has 5 nitrogen and oxygen atoms in total. The van der Waals surface area contributed by atoms with Gasteiger partial charge in [0.05, 0.1) is 18.8 Å². The average molecular weight is 287 g/mol. The molecule has 0 aliphatic carbocycles. The number of hydrogen-bond acceptors (Lipinski definition) is 4. The van der Waals surface area contributed by atoms with Crippen molar-refractivity contribution in [1.82, 2.24) is 5.32 Å². The fourth-order valence-electron chi connectivity index (χ4n) is 2.17. The Balaban J connectivity index is 1.89. The van der Waals surface area contributed by atoms with Gasteiger partial charge in [0.25, 0.3) is 0 Å². The van der Waals surface area contributed by atoms with E-state index < -0.39 is 0 Å². The fraction of sp³-hybridized carbons (Fsp3) is 0.933. The molecule has 2 atom stereocenters.